The minimum atomic E-state index is -3.43. The van der Waals surface area contributed by atoms with Crippen LogP contribution in [-0.4, -0.2) is 45.2 Å². The third-order valence-electron chi connectivity index (χ3n) is 5.41. The Kier molecular flexibility index (Phi) is 4.88. The first-order chi connectivity index (χ1) is 12.6. The van der Waals surface area contributed by atoms with Crippen LogP contribution in [0.3, 0.4) is 0 Å². The first-order valence-corrected chi connectivity index (χ1v) is 10.5. The smallest absolute Gasteiger partial charge is 0.240 e. The lowest BCUT2D eigenvalue weighted by atomic mass is 9.79. The molecule has 1 aromatic heterocycles. The average molecular weight is 376 g/mol. The Morgan fingerprint density at radius 1 is 1.19 bits per heavy atom. The SMILES string of the molecule is O=S(=O)(NCC[C@H]1CCOC12CN(Cc1ccoc1)C2)c1ccccc1. The number of ether oxygens (including phenoxy) is 1. The van der Waals surface area contributed by atoms with Crippen LogP contribution in [0.5, 0.6) is 0 Å². The van der Waals surface area contributed by atoms with Crippen LogP contribution in [0.4, 0.5) is 0 Å². The lowest BCUT2D eigenvalue weighted by Crippen LogP contribution is -2.64. The van der Waals surface area contributed by atoms with Crippen molar-refractivity contribution in [2.24, 2.45) is 5.92 Å². The fraction of sp³-hybridized carbons (Fsp3) is 0.474. The van der Waals surface area contributed by atoms with Crippen LogP contribution in [0.15, 0.2) is 58.2 Å². The number of benzene rings is 1. The molecule has 3 heterocycles. The van der Waals surface area contributed by atoms with E-state index in [1.807, 2.05) is 12.1 Å². The second-order valence-electron chi connectivity index (χ2n) is 7.18. The zero-order valence-corrected chi connectivity index (χ0v) is 15.5. The topological polar surface area (TPSA) is 71.8 Å². The molecule has 2 aliphatic rings. The number of furan rings is 1. The summed E-state index contributed by atoms with van der Waals surface area (Å²) in [4.78, 5) is 2.66. The van der Waals surface area contributed by atoms with Crippen LogP contribution >= 0.6 is 0 Å². The summed E-state index contributed by atoms with van der Waals surface area (Å²) in [6.07, 6.45) is 5.26. The predicted octanol–water partition coefficient (Wildman–Crippen LogP) is 2.24. The molecular formula is C19H24N2O4S. The zero-order valence-electron chi connectivity index (χ0n) is 14.6. The van der Waals surface area contributed by atoms with Crippen LogP contribution in [0.2, 0.25) is 0 Å². The summed E-state index contributed by atoms with van der Waals surface area (Å²) in [5.74, 6) is 0.390. The molecule has 140 valence electrons. The van der Waals surface area contributed by atoms with E-state index in [-0.39, 0.29) is 5.60 Å². The molecule has 1 N–H and O–H groups in total. The van der Waals surface area contributed by atoms with E-state index in [4.69, 9.17) is 9.15 Å². The first-order valence-electron chi connectivity index (χ1n) is 9.00. The van der Waals surface area contributed by atoms with E-state index >= 15 is 0 Å². The Balaban J connectivity index is 1.29. The Hall–Kier alpha value is -1.67. The Bertz CT molecular complexity index is 814. The van der Waals surface area contributed by atoms with Gasteiger partial charge in [-0.2, -0.15) is 0 Å². The molecule has 2 fully saturated rings. The van der Waals surface area contributed by atoms with Gasteiger partial charge in [0.05, 0.1) is 23.0 Å². The summed E-state index contributed by atoms with van der Waals surface area (Å²) < 4.78 is 38.6. The molecule has 6 nitrogen and oxygen atoms in total. The first kappa shape index (κ1) is 17.7. The van der Waals surface area contributed by atoms with E-state index in [9.17, 15) is 8.42 Å². The third-order valence-corrected chi connectivity index (χ3v) is 6.88. The molecule has 26 heavy (non-hydrogen) atoms. The summed E-state index contributed by atoms with van der Waals surface area (Å²) in [6, 6.07) is 10.5. The van der Waals surface area contributed by atoms with Gasteiger partial charge in [-0.1, -0.05) is 18.2 Å². The molecule has 0 radical (unpaired) electrons. The maximum atomic E-state index is 12.3. The maximum absolute atomic E-state index is 12.3. The third kappa shape index (κ3) is 3.57. The van der Waals surface area contributed by atoms with Crippen LogP contribution in [-0.2, 0) is 21.3 Å². The van der Waals surface area contributed by atoms with Gasteiger partial charge in [0.2, 0.25) is 10.0 Å². The van der Waals surface area contributed by atoms with Crippen molar-refractivity contribution in [2.75, 3.05) is 26.2 Å². The van der Waals surface area contributed by atoms with Gasteiger partial charge in [-0.05, 0) is 37.0 Å². The van der Waals surface area contributed by atoms with E-state index in [0.29, 0.717) is 17.4 Å². The normalized spacial score (nSPS) is 22.5. The summed E-state index contributed by atoms with van der Waals surface area (Å²) >= 11 is 0. The molecule has 0 amide bonds. The molecule has 2 aromatic rings. The van der Waals surface area contributed by atoms with Gasteiger partial charge in [0.1, 0.15) is 0 Å². The highest BCUT2D eigenvalue weighted by Gasteiger charge is 2.52. The number of rotatable bonds is 7. The van der Waals surface area contributed by atoms with E-state index in [0.717, 1.165) is 39.1 Å². The molecule has 1 atom stereocenters. The largest absolute Gasteiger partial charge is 0.472 e. The highest BCUT2D eigenvalue weighted by molar-refractivity contribution is 7.89. The van der Waals surface area contributed by atoms with Crippen LogP contribution < -0.4 is 4.72 Å². The van der Waals surface area contributed by atoms with Crippen molar-refractivity contribution in [1.82, 2.24) is 9.62 Å². The lowest BCUT2D eigenvalue weighted by Gasteiger charge is -2.50. The molecule has 0 unspecified atom stereocenters. The maximum Gasteiger partial charge on any atom is 0.240 e. The molecule has 7 heteroatoms. The van der Waals surface area contributed by atoms with Gasteiger partial charge in [0.15, 0.2) is 0 Å². The van der Waals surface area contributed by atoms with E-state index in [1.165, 1.54) is 5.56 Å². The summed E-state index contributed by atoms with van der Waals surface area (Å²) in [5.41, 5.74) is 1.06. The molecular weight excluding hydrogens is 352 g/mol. The van der Waals surface area contributed by atoms with E-state index in [1.54, 1.807) is 36.8 Å². The lowest BCUT2D eigenvalue weighted by molar-refractivity contribution is -0.136. The Morgan fingerprint density at radius 2 is 2.00 bits per heavy atom. The molecule has 4 rings (SSSR count). The van der Waals surface area contributed by atoms with Crippen molar-refractivity contribution >= 4 is 10.0 Å². The van der Waals surface area contributed by atoms with Gasteiger partial charge in [-0.15, -0.1) is 0 Å². The predicted molar refractivity (Wildman–Crippen MR) is 97.0 cm³/mol. The molecule has 0 saturated carbocycles. The van der Waals surface area contributed by atoms with Crippen molar-refractivity contribution < 1.29 is 17.6 Å². The van der Waals surface area contributed by atoms with Crippen molar-refractivity contribution in [3.8, 4) is 0 Å². The zero-order chi connectivity index (χ0) is 18.0. The van der Waals surface area contributed by atoms with Gasteiger partial charge in [-0.25, -0.2) is 13.1 Å². The van der Waals surface area contributed by atoms with Crippen LogP contribution in [0, 0.1) is 5.92 Å². The number of hydrogen-bond acceptors (Lipinski definition) is 5. The van der Waals surface area contributed by atoms with Crippen molar-refractivity contribution in [3.63, 3.8) is 0 Å². The van der Waals surface area contributed by atoms with Gasteiger partial charge >= 0.3 is 0 Å². The molecule has 2 aliphatic heterocycles. The van der Waals surface area contributed by atoms with E-state index < -0.39 is 10.0 Å². The second-order valence-corrected chi connectivity index (χ2v) is 8.94. The highest BCUT2D eigenvalue weighted by Crippen LogP contribution is 2.42. The molecule has 0 aliphatic carbocycles. The highest BCUT2D eigenvalue weighted by atomic mass is 32.2. The molecule has 0 bridgehead atoms. The molecule has 2 saturated heterocycles. The van der Waals surface area contributed by atoms with Crippen molar-refractivity contribution in [2.45, 2.75) is 29.9 Å². The van der Waals surface area contributed by atoms with Crippen LogP contribution in [0.25, 0.3) is 0 Å². The number of sulfonamides is 1. The Labute approximate surface area is 154 Å². The second kappa shape index (κ2) is 7.15. The molecule has 1 aromatic carbocycles. The summed E-state index contributed by atoms with van der Waals surface area (Å²) in [6.45, 7) is 3.86. The minimum Gasteiger partial charge on any atom is -0.472 e. The van der Waals surface area contributed by atoms with Gasteiger partial charge in [-0.3, -0.25) is 4.90 Å². The van der Waals surface area contributed by atoms with Crippen molar-refractivity contribution in [3.05, 3.63) is 54.5 Å². The average Bonchev–Trinajstić information content (AvgIpc) is 3.26. The monoisotopic (exact) mass is 376 g/mol. The Morgan fingerprint density at radius 3 is 2.73 bits per heavy atom. The van der Waals surface area contributed by atoms with Gasteiger partial charge in [0, 0.05) is 38.3 Å². The number of hydrogen-bond donors (Lipinski definition) is 1. The van der Waals surface area contributed by atoms with Crippen molar-refractivity contribution in [1.29, 1.82) is 0 Å². The van der Waals surface area contributed by atoms with Gasteiger partial charge in [0.25, 0.3) is 0 Å². The minimum absolute atomic E-state index is 0.109. The standard InChI is InChI=1S/C19H24N2O4S/c22-26(23,18-4-2-1-3-5-18)20-9-6-17-8-11-25-19(17)14-21(15-19)12-16-7-10-24-13-16/h1-5,7,10,13,17,20H,6,8-9,11-12,14-15H2/t17-/m0/s1. The summed E-state index contributed by atoms with van der Waals surface area (Å²) in [5, 5.41) is 0. The number of nitrogens with one attached hydrogen (secondary N) is 1. The van der Waals surface area contributed by atoms with Crippen LogP contribution in [0.1, 0.15) is 18.4 Å². The van der Waals surface area contributed by atoms with Gasteiger partial charge < -0.3 is 9.15 Å². The quantitative estimate of drug-likeness (QED) is 0.802. The summed E-state index contributed by atoms with van der Waals surface area (Å²) in [7, 11) is -3.43. The van der Waals surface area contributed by atoms with E-state index in [2.05, 4.69) is 9.62 Å². The fourth-order valence-electron chi connectivity index (χ4n) is 4.06. The fourth-order valence-corrected chi connectivity index (χ4v) is 5.12. The number of nitrogens with zero attached hydrogens (tertiary/aromatic N) is 1. The number of likely N-dealkylation sites (tertiary alicyclic amines) is 1. The molecule has 1 spiro atoms.